The van der Waals surface area contributed by atoms with Crippen molar-refractivity contribution in [2.75, 3.05) is 6.61 Å². The zero-order valence-corrected chi connectivity index (χ0v) is 13.6. The average molecular weight is 288 g/mol. The summed E-state index contributed by atoms with van der Waals surface area (Å²) in [7, 11) is 0. The summed E-state index contributed by atoms with van der Waals surface area (Å²) in [5, 5.41) is 10.6. The van der Waals surface area contributed by atoms with Crippen molar-refractivity contribution in [3.05, 3.63) is 29.3 Å². The molecule has 0 bridgehead atoms. The van der Waals surface area contributed by atoms with E-state index in [1.807, 2.05) is 0 Å². The monoisotopic (exact) mass is 288 g/mol. The normalized spacial score (nSPS) is 29.6. The van der Waals surface area contributed by atoms with E-state index in [1.165, 1.54) is 17.5 Å². The Labute approximate surface area is 128 Å². The lowest BCUT2D eigenvalue weighted by molar-refractivity contribution is 0.0135. The molecule has 1 aliphatic heterocycles. The van der Waals surface area contributed by atoms with Gasteiger partial charge in [-0.1, -0.05) is 45.4 Å². The molecule has 3 rings (SSSR count). The molecule has 2 aliphatic rings. The first kappa shape index (κ1) is 14.9. The second-order valence-corrected chi connectivity index (χ2v) is 7.56. The Morgan fingerprint density at radius 3 is 2.81 bits per heavy atom. The van der Waals surface area contributed by atoms with E-state index in [1.54, 1.807) is 0 Å². The maximum atomic E-state index is 10.6. The molecule has 0 spiro atoms. The zero-order valence-electron chi connectivity index (χ0n) is 13.6. The van der Waals surface area contributed by atoms with E-state index >= 15 is 0 Å². The van der Waals surface area contributed by atoms with Crippen LogP contribution in [0, 0.1) is 11.8 Å². The number of aliphatic hydroxyl groups is 1. The van der Waals surface area contributed by atoms with E-state index in [4.69, 9.17) is 4.74 Å². The molecule has 0 saturated heterocycles. The van der Waals surface area contributed by atoms with Gasteiger partial charge in [-0.2, -0.15) is 0 Å². The molecule has 1 saturated carbocycles. The van der Waals surface area contributed by atoms with Crippen molar-refractivity contribution in [2.45, 2.75) is 64.4 Å². The molecule has 2 nitrogen and oxygen atoms in total. The molecule has 1 aromatic carbocycles. The number of para-hydroxylation sites is 1. The van der Waals surface area contributed by atoms with Crippen molar-refractivity contribution in [1.29, 1.82) is 0 Å². The van der Waals surface area contributed by atoms with Crippen LogP contribution in [0.5, 0.6) is 5.75 Å². The molecule has 21 heavy (non-hydrogen) atoms. The van der Waals surface area contributed by atoms with Gasteiger partial charge in [0.15, 0.2) is 0 Å². The fourth-order valence-corrected chi connectivity index (χ4v) is 4.29. The predicted molar refractivity (Wildman–Crippen MR) is 85.8 cm³/mol. The molecule has 1 fully saturated rings. The van der Waals surface area contributed by atoms with Crippen LogP contribution in [-0.2, 0) is 11.8 Å². The average Bonchev–Trinajstić information content (AvgIpc) is 2.46. The highest BCUT2D eigenvalue weighted by atomic mass is 16.5. The van der Waals surface area contributed by atoms with Gasteiger partial charge in [-0.25, -0.2) is 0 Å². The molecule has 1 aliphatic carbocycles. The Morgan fingerprint density at radius 2 is 2.05 bits per heavy atom. The van der Waals surface area contributed by atoms with Crippen molar-refractivity contribution in [2.24, 2.45) is 11.8 Å². The van der Waals surface area contributed by atoms with E-state index < -0.39 is 0 Å². The minimum Gasteiger partial charge on any atom is -0.493 e. The number of hydrogen-bond acceptors (Lipinski definition) is 2. The molecule has 1 heterocycles. The largest absolute Gasteiger partial charge is 0.493 e. The van der Waals surface area contributed by atoms with Gasteiger partial charge < -0.3 is 9.84 Å². The van der Waals surface area contributed by atoms with E-state index in [0.717, 1.165) is 38.0 Å². The Balaban J connectivity index is 1.94. The van der Waals surface area contributed by atoms with Gasteiger partial charge in [-0.3, -0.25) is 0 Å². The predicted octanol–water partition coefficient (Wildman–Crippen LogP) is 4.09. The smallest absolute Gasteiger partial charge is 0.126 e. The molecule has 1 N–H and O–H groups in total. The Morgan fingerprint density at radius 1 is 1.24 bits per heavy atom. The molecular formula is C19H28O2. The van der Waals surface area contributed by atoms with Gasteiger partial charge in [0.25, 0.3) is 0 Å². The Bertz CT molecular complexity index is 506. The summed E-state index contributed by atoms with van der Waals surface area (Å²) in [6.45, 7) is 7.64. The maximum Gasteiger partial charge on any atom is 0.126 e. The summed E-state index contributed by atoms with van der Waals surface area (Å²) in [6.07, 6.45) is 5.30. The Hall–Kier alpha value is -1.02. The third-order valence-electron chi connectivity index (χ3n) is 5.63. The number of ether oxygens (including phenoxy) is 1. The van der Waals surface area contributed by atoms with Gasteiger partial charge in [-0.05, 0) is 48.5 Å². The van der Waals surface area contributed by atoms with E-state index in [9.17, 15) is 5.11 Å². The van der Waals surface area contributed by atoms with Crippen LogP contribution in [0.2, 0.25) is 0 Å². The molecule has 3 unspecified atom stereocenters. The molecule has 2 heteroatoms. The number of aliphatic hydroxyl groups excluding tert-OH is 1. The topological polar surface area (TPSA) is 29.5 Å². The standard InChI is InChI=1S/C19H28O2/c1-13-9-10-15(17(20)12-13)19(2,3)16-8-4-6-14-7-5-11-21-18(14)16/h4,6,8,13,15,17,20H,5,7,9-12H2,1-3H3. The van der Waals surface area contributed by atoms with Crippen LogP contribution >= 0.6 is 0 Å². The van der Waals surface area contributed by atoms with Crippen molar-refractivity contribution < 1.29 is 9.84 Å². The summed E-state index contributed by atoms with van der Waals surface area (Å²) in [5.74, 6) is 2.07. The van der Waals surface area contributed by atoms with Gasteiger partial charge in [0.1, 0.15) is 5.75 Å². The third-order valence-corrected chi connectivity index (χ3v) is 5.63. The molecule has 0 amide bonds. The van der Waals surface area contributed by atoms with Crippen LogP contribution in [0.3, 0.4) is 0 Å². The van der Waals surface area contributed by atoms with Crippen molar-refractivity contribution in [3.8, 4) is 5.75 Å². The number of aryl methyl sites for hydroxylation is 1. The molecular weight excluding hydrogens is 260 g/mol. The molecule has 0 radical (unpaired) electrons. The lowest BCUT2D eigenvalue weighted by Crippen LogP contribution is -2.41. The summed E-state index contributed by atoms with van der Waals surface area (Å²) in [6, 6.07) is 6.55. The highest BCUT2D eigenvalue weighted by Gasteiger charge is 2.41. The van der Waals surface area contributed by atoms with Gasteiger partial charge in [-0.15, -0.1) is 0 Å². The first-order valence-corrected chi connectivity index (χ1v) is 8.43. The van der Waals surface area contributed by atoms with Crippen LogP contribution in [-0.4, -0.2) is 17.8 Å². The molecule has 116 valence electrons. The minimum absolute atomic E-state index is 0.0394. The quantitative estimate of drug-likeness (QED) is 0.888. The number of hydrogen-bond donors (Lipinski definition) is 1. The lowest BCUT2D eigenvalue weighted by Gasteiger charge is -2.43. The van der Waals surface area contributed by atoms with Gasteiger partial charge in [0.05, 0.1) is 12.7 Å². The van der Waals surface area contributed by atoms with Gasteiger partial charge in [0, 0.05) is 5.56 Å². The summed E-state index contributed by atoms with van der Waals surface area (Å²) in [4.78, 5) is 0. The van der Waals surface area contributed by atoms with Crippen molar-refractivity contribution in [1.82, 2.24) is 0 Å². The highest BCUT2D eigenvalue weighted by molar-refractivity contribution is 5.47. The summed E-state index contributed by atoms with van der Waals surface area (Å²) < 4.78 is 6.01. The van der Waals surface area contributed by atoms with Crippen molar-refractivity contribution >= 4 is 0 Å². The molecule has 3 atom stereocenters. The second-order valence-electron chi connectivity index (χ2n) is 7.56. The van der Waals surface area contributed by atoms with Crippen LogP contribution < -0.4 is 4.74 Å². The van der Waals surface area contributed by atoms with E-state index in [2.05, 4.69) is 39.0 Å². The van der Waals surface area contributed by atoms with E-state index in [-0.39, 0.29) is 11.5 Å². The first-order valence-electron chi connectivity index (χ1n) is 8.43. The lowest BCUT2D eigenvalue weighted by atomic mass is 9.64. The fourth-order valence-electron chi connectivity index (χ4n) is 4.29. The van der Waals surface area contributed by atoms with Crippen LogP contribution in [0.15, 0.2) is 18.2 Å². The molecule has 0 aromatic heterocycles. The minimum atomic E-state index is -0.191. The third kappa shape index (κ3) is 2.70. The van der Waals surface area contributed by atoms with Gasteiger partial charge in [0.2, 0.25) is 0 Å². The second kappa shape index (κ2) is 5.64. The fraction of sp³-hybridized carbons (Fsp3) is 0.684. The van der Waals surface area contributed by atoms with Crippen LogP contribution in [0.1, 0.15) is 57.6 Å². The number of fused-ring (bicyclic) bond motifs is 1. The highest BCUT2D eigenvalue weighted by Crippen LogP contribution is 2.46. The Kier molecular flexibility index (Phi) is 4.00. The SMILES string of the molecule is CC1CCC(C(C)(C)c2cccc3c2OCCC3)C(O)C1. The van der Waals surface area contributed by atoms with Gasteiger partial charge >= 0.3 is 0 Å². The van der Waals surface area contributed by atoms with Crippen LogP contribution in [0.25, 0.3) is 0 Å². The number of rotatable bonds is 2. The number of benzene rings is 1. The first-order chi connectivity index (χ1) is 10.00. The maximum absolute atomic E-state index is 10.6. The molecule has 1 aromatic rings. The van der Waals surface area contributed by atoms with Crippen LogP contribution in [0.4, 0.5) is 0 Å². The summed E-state index contributed by atoms with van der Waals surface area (Å²) >= 11 is 0. The zero-order chi connectivity index (χ0) is 15.0. The summed E-state index contributed by atoms with van der Waals surface area (Å²) in [5.41, 5.74) is 2.59. The van der Waals surface area contributed by atoms with Crippen molar-refractivity contribution in [3.63, 3.8) is 0 Å². The van der Waals surface area contributed by atoms with E-state index in [0.29, 0.717) is 11.8 Å².